The minimum atomic E-state index is -0.839. The van der Waals surface area contributed by atoms with E-state index < -0.39 is 29.9 Å². The summed E-state index contributed by atoms with van der Waals surface area (Å²) >= 11 is 0. The van der Waals surface area contributed by atoms with E-state index >= 15 is 0 Å². The van der Waals surface area contributed by atoms with E-state index in [-0.39, 0.29) is 22.7 Å². The van der Waals surface area contributed by atoms with Crippen LogP contribution in [0.15, 0.2) is 42.5 Å². The normalized spacial score (nSPS) is 10.0. The van der Waals surface area contributed by atoms with Crippen molar-refractivity contribution in [1.29, 1.82) is 0 Å². The van der Waals surface area contributed by atoms with Crippen LogP contribution in [0, 0.1) is 10.1 Å². The van der Waals surface area contributed by atoms with Crippen LogP contribution in [0.4, 0.5) is 5.69 Å². The summed E-state index contributed by atoms with van der Waals surface area (Å²) < 4.78 is 20.1. The van der Waals surface area contributed by atoms with Gasteiger partial charge in [-0.05, 0) is 18.2 Å². The van der Waals surface area contributed by atoms with Crippen molar-refractivity contribution in [3.8, 4) is 17.2 Å². The molecule has 2 aromatic rings. The average Bonchev–Trinajstić information content (AvgIpc) is 2.69. The molecule has 0 atom stereocenters. The summed E-state index contributed by atoms with van der Waals surface area (Å²) in [6.07, 6.45) is 0. The van der Waals surface area contributed by atoms with Gasteiger partial charge in [-0.15, -0.1) is 0 Å². The Bertz CT molecular complexity index is 849. The molecule has 9 heteroatoms. The van der Waals surface area contributed by atoms with E-state index in [2.05, 4.69) is 0 Å². The van der Waals surface area contributed by atoms with E-state index in [4.69, 9.17) is 18.9 Å². The number of para-hydroxylation sites is 2. The molecule has 0 bridgehead atoms. The van der Waals surface area contributed by atoms with Crippen molar-refractivity contribution in [2.24, 2.45) is 0 Å². The van der Waals surface area contributed by atoms with Gasteiger partial charge in [0.05, 0.1) is 24.7 Å². The van der Waals surface area contributed by atoms with Crippen LogP contribution in [0.1, 0.15) is 10.4 Å². The summed E-state index contributed by atoms with van der Waals surface area (Å²) in [6, 6.07) is 10.2. The largest absolute Gasteiger partial charge is 0.497 e. The minimum Gasteiger partial charge on any atom is -0.497 e. The van der Waals surface area contributed by atoms with Gasteiger partial charge in [0.2, 0.25) is 5.78 Å². The monoisotopic (exact) mass is 375 g/mol. The zero-order valence-electron chi connectivity index (χ0n) is 14.7. The van der Waals surface area contributed by atoms with E-state index in [0.29, 0.717) is 5.75 Å². The number of nitro benzene ring substituents is 1. The molecule has 0 amide bonds. The number of carbonyl (C=O) groups is 2. The van der Waals surface area contributed by atoms with Gasteiger partial charge in [-0.3, -0.25) is 14.9 Å². The van der Waals surface area contributed by atoms with Gasteiger partial charge in [-0.1, -0.05) is 12.1 Å². The second-order valence-electron chi connectivity index (χ2n) is 5.16. The fourth-order valence-electron chi connectivity index (χ4n) is 2.16. The first-order chi connectivity index (χ1) is 13.0. The van der Waals surface area contributed by atoms with Crippen LogP contribution in [0.5, 0.6) is 17.2 Å². The van der Waals surface area contributed by atoms with Gasteiger partial charge >= 0.3 is 11.7 Å². The molecule has 142 valence electrons. The van der Waals surface area contributed by atoms with Gasteiger partial charge in [0.1, 0.15) is 11.5 Å². The zero-order valence-corrected chi connectivity index (χ0v) is 14.7. The Morgan fingerprint density at radius 3 is 2.41 bits per heavy atom. The second kappa shape index (κ2) is 9.18. The molecule has 9 nitrogen and oxygen atoms in total. The number of ether oxygens (including phenoxy) is 4. The fraction of sp³-hybridized carbons (Fsp3) is 0.222. The molecule has 0 N–H and O–H groups in total. The Balaban J connectivity index is 1.92. The first kappa shape index (κ1) is 19.7. The molecule has 0 unspecified atom stereocenters. The van der Waals surface area contributed by atoms with Crippen LogP contribution < -0.4 is 14.2 Å². The first-order valence-electron chi connectivity index (χ1n) is 7.73. The third kappa shape index (κ3) is 5.18. The van der Waals surface area contributed by atoms with Gasteiger partial charge in [0, 0.05) is 12.1 Å². The standard InChI is InChI=1S/C18H17NO8/c1-24-12-7-8-13(17(9-12)25-2)15(20)10-27-18(21)11-26-16-6-4-3-5-14(16)19(22)23/h3-9H,10-11H2,1-2H3. The number of rotatable bonds is 9. The predicted octanol–water partition coefficient (Wildman–Crippen LogP) is 2.42. The van der Waals surface area contributed by atoms with Crippen molar-refractivity contribution in [2.45, 2.75) is 0 Å². The van der Waals surface area contributed by atoms with Crippen molar-refractivity contribution < 1.29 is 33.5 Å². The van der Waals surface area contributed by atoms with Gasteiger partial charge in [0.15, 0.2) is 19.0 Å². The molecule has 0 radical (unpaired) electrons. The molecule has 27 heavy (non-hydrogen) atoms. The molecule has 2 aromatic carbocycles. The average molecular weight is 375 g/mol. The van der Waals surface area contributed by atoms with Crippen LogP contribution in [-0.2, 0) is 9.53 Å². The van der Waals surface area contributed by atoms with E-state index in [1.807, 2.05) is 0 Å². The molecule has 0 heterocycles. The smallest absolute Gasteiger partial charge is 0.344 e. The fourth-order valence-corrected chi connectivity index (χ4v) is 2.16. The van der Waals surface area contributed by atoms with E-state index in [9.17, 15) is 19.7 Å². The van der Waals surface area contributed by atoms with E-state index in [1.54, 1.807) is 6.07 Å². The van der Waals surface area contributed by atoms with Crippen molar-refractivity contribution in [3.05, 3.63) is 58.1 Å². The van der Waals surface area contributed by atoms with Crippen LogP contribution in [-0.4, -0.2) is 44.1 Å². The maximum absolute atomic E-state index is 12.2. The third-order valence-corrected chi connectivity index (χ3v) is 3.48. The number of Topliss-reactive ketones (excluding diaryl/α,β-unsaturated/α-hetero) is 1. The number of carbonyl (C=O) groups excluding carboxylic acids is 2. The summed E-state index contributed by atoms with van der Waals surface area (Å²) in [5.74, 6) is -0.588. The summed E-state index contributed by atoms with van der Waals surface area (Å²) in [5.41, 5.74) is -0.0462. The molecule has 0 saturated carbocycles. The lowest BCUT2D eigenvalue weighted by atomic mass is 10.1. The van der Waals surface area contributed by atoms with Crippen molar-refractivity contribution in [3.63, 3.8) is 0 Å². The van der Waals surface area contributed by atoms with Crippen molar-refractivity contribution in [1.82, 2.24) is 0 Å². The van der Waals surface area contributed by atoms with Gasteiger partial charge in [-0.25, -0.2) is 4.79 Å². The number of esters is 1. The lowest BCUT2D eigenvalue weighted by Gasteiger charge is -2.10. The Labute approximate surface area is 154 Å². The van der Waals surface area contributed by atoms with Crippen LogP contribution >= 0.6 is 0 Å². The van der Waals surface area contributed by atoms with Crippen molar-refractivity contribution in [2.75, 3.05) is 27.4 Å². The second-order valence-corrected chi connectivity index (χ2v) is 5.16. The number of nitrogens with zero attached hydrogens (tertiary/aromatic N) is 1. The zero-order chi connectivity index (χ0) is 19.8. The highest BCUT2D eigenvalue weighted by atomic mass is 16.6. The van der Waals surface area contributed by atoms with Crippen LogP contribution in [0.2, 0.25) is 0 Å². The molecule has 0 spiro atoms. The quantitative estimate of drug-likeness (QED) is 0.284. The van der Waals surface area contributed by atoms with E-state index in [0.717, 1.165) is 0 Å². The van der Waals surface area contributed by atoms with Gasteiger partial charge in [-0.2, -0.15) is 0 Å². The van der Waals surface area contributed by atoms with Crippen LogP contribution in [0.25, 0.3) is 0 Å². The van der Waals surface area contributed by atoms with Gasteiger partial charge < -0.3 is 18.9 Å². The lowest BCUT2D eigenvalue weighted by Crippen LogP contribution is -2.20. The maximum Gasteiger partial charge on any atom is 0.344 e. The lowest BCUT2D eigenvalue weighted by molar-refractivity contribution is -0.385. The number of hydrogen-bond acceptors (Lipinski definition) is 8. The molecule has 0 aromatic heterocycles. The first-order valence-corrected chi connectivity index (χ1v) is 7.73. The van der Waals surface area contributed by atoms with Crippen molar-refractivity contribution >= 4 is 17.4 Å². The topological polar surface area (TPSA) is 114 Å². The predicted molar refractivity (Wildman–Crippen MR) is 93.4 cm³/mol. The summed E-state index contributed by atoms with van der Waals surface area (Å²) in [4.78, 5) is 34.2. The summed E-state index contributed by atoms with van der Waals surface area (Å²) in [7, 11) is 2.88. The molecule has 0 fully saturated rings. The van der Waals surface area contributed by atoms with Crippen LogP contribution in [0.3, 0.4) is 0 Å². The molecule has 0 aliphatic carbocycles. The number of hydrogen-bond donors (Lipinski definition) is 0. The number of nitro groups is 1. The minimum absolute atomic E-state index is 0.0670. The van der Waals surface area contributed by atoms with E-state index in [1.165, 1.54) is 50.6 Å². The number of methoxy groups -OCH3 is 2. The maximum atomic E-state index is 12.2. The number of ketones is 1. The van der Waals surface area contributed by atoms with Gasteiger partial charge in [0.25, 0.3) is 0 Å². The Morgan fingerprint density at radius 1 is 1.00 bits per heavy atom. The molecule has 0 aliphatic rings. The molecular weight excluding hydrogens is 358 g/mol. The molecule has 2 rings (SSSR count). The summed E-state index contributed by atoms with van der Waals surface area (Å²) in [5, 5.41) is 10.9. The number of benzene rings is 2. The molecule has 0 saturated heterocycles. The highest BCUT2D eigenvalue weighted by Crippen LogP contribution is 2.26. The molecular formula is C18H17NO8. The Kier molecular flexibility index (Phi) is 6.70. The Hall–Kier alpha value is -3.62. The highest BCUT2D eigenvalue weighted by Gasteiger charge is 2.18. The Morgan fingerprint density at radius 2 is 1.74 bits per heavy atom. The summed E-state index contributed by atoms with van der Waals surface area (Å²) in [6.45, 7) is -1.10. The molecule has 0 aliphatic heterocycles. The third-order valence-electron chi connectivity index (χ3n) is 3.48. The highest BCUT2D eigenvalue weighted by molar-refractivity contribution is 6.00. The SMILES string of the molecule is COc1ccc(C(=O)COC(=O)COc2ccccc2[N+](=O)[O-])c(OC)c1.